The van der Waals surface area contributed by atoms with Crippen LogP contribution in [0.3, 0.4) is 0 Å². The van der Waals surface area contributed by atoms with Crippen molar-refractivity contribution in [2.75, 3.05) is 0 Å². The highest BCUT2D eigenvalue weighted by molar-refractivity contribution is 7.17. The van der Waals surface area contributed by atoms with Gasteiger partial charge in [0.15, 0.2) is 0 Å². The molecule has 0 saturated heterocycles. The van der Waals surface area contributed by atoms with Crippen LogP contribution >= 0.6 is 11.3 Å². The number of benzene rings is 3. The maximum Gasteiger partial charge on any atom is 0.147 e. The molecule has 2 aromatic heterocycles. The van der Waals surface area contributed by atoms with E-state index in [1.807, 2.05) is 13.8 Å². The zero-order chi connectivity index (χ0) is 24.2. The van der Waals surface area contributed by atoms with Crippen molar-refractivity contribution in [1.29, 1.82) is 0 Å². The van der Waals surface area contributed by atoms with Crippen LogP contribution in [0.5, 0.6) is 0 Å². The van der Waals surface area contributed by atoms with Gasteiger partial charge < -0.3 is 0 Å². The molecule has 3 heteroatoms. The first-order chi connectivity index (χ1) is 16.2. The molecule has 0 aliphatic rings. The number of nitrogens with zero attached hydrogens (tertiary/aromatic N) is 2. The van der Waals surface area contributed by atoms with E-state index in [4.69, 9.17) is 6.35 Å². The molecule has 5 aromatic rings. The van der Waals surface area contributed by atoms with Gasteiger partial charge in [0.1, 0.15) is 5.82 Å². The van der Waals surface area contributed by atoms with Gasteiger partial charge in [-0.15, -0.1) is 11.3 Å². The molecule has 0 radical (unpaired) electrons. The molecule has 2 nitrogen and oxygen atoms in total. The van der Waals surface area contributed by atoms with Crippen LogP contribution in [0.1, 0.15) is 77.3 Å². The molecule has 33 heavy (non-hydrogen) atoms. The number of hydrogen-bond donors (Lipinski definition) is 0. The van der Waals surface area contributed by atoms with Crippen LogP contribution in [0.15, 0.2) is 66.0 Å². The fourth-order valence-electron chi connectivity index (χ4n) is 4.72. The minimum atomic E-state index is -0.650. The summed E-state index contributed by atoms with van der Waals surface area (Å²) in [5.41, 5.74) is 8.22. The number of para-hydroxylation sites is 3. The van der Waals surface area contributed by atoms with Gasteiger partial charge in [-0.3, -0.25) is 4.57 Å². The SMILES string of the molecule is [2H]C(C)(C)c1ccc2scc(-c3nc4ccccc4n3-c3c(C(C)C)cccc3C(C)C)c2c1. The van der Waals surface area contributed by atoms with Crippen molar-refractivity contribution in [3.8, 4) is 17.1 Å². The first-order valence-corrected chi connectivity index (χ1v) is 12.7. The molecule has 0 aliphatic heterocycles. The third-order valence-electron chi connectivity index (χ3n) is 6.52. The largest absolute Gasteiger partial charge is 0.292 e. The van der Waals surface area contributed by atoms with Gasteiger partial charge in [-0.25, -0.2) is 4.98 Å². The van der Waals surface area contributed by atoms with Crippen LogP contribution in [0.2, 0.25) is 0 Å². The summed E-state index contributed by atoms with van der Waals surface area (Å²) >= 11 is 1.75. The Morgan fingerprint density at radius 2 is 1.55 bits per heavy atom. The van der Waals surface area contributed by atoms with E-state index in [0.717, 1.165) is 28.0 Å². The zero-order valence-electron chi connectivity index (χ0n) is 21.3. The summed E-state index contributed by atoms with van der Waals surface area (Å²) in [6, 6.07) is 21.6. The number of rotatable bonds is 5. The van der Waals surface area contributed by atoms with Crippen LogP contribution in [0.4, 0.5) is 0 Å². The lowest BCUT2D eigenvalue weighted by molar-refractivity contribution is 0.811. The van der Waals surface area contributed by atoms with E-state index in [9.17, 15) is 0 Å². The molecular formula is C30H32N2S. The highest BCUT2D eigenvalue weighted by Gasteiger charge is 2.23. The lowest BCUT2D eigenvalue weighted by Crippen LogP contribution is -2.08. The van der Waals surface area contributed by atoms with Gasteiger partial charge in [0, 0.05) is 22.4 Å². The predicted octanol–water partition coefficient (Wildman–Crippen LogP) is 9.28. The smallest absolute Gasteiger partial charge is 0.147 e. The van der Waals surface area contributed by atoms with Crippen molar-refractivity contribution >= 4 is 32.5 Å². The predicted molar refractivity (Wildman–Crippen MR) is 144 cm³/mol. The fourth-order valence-corrected chi connectivity index (χ4v) is 5.64. The molecule has 0 unspecified atom stereocenters. The molecule has 2 heterocycles. The minimum Gasteiger partial charge on any atom is -0.292 e. The summed E-state index contributed by atoms with van der Waals surface area (Å²) < 4.78 is 12.2. The molecule has 0 N–H and O–H groups in total. The second kappa shape index (κ2) is 8.46. The van der Waals surface area contributed by atoms with E-state index in [-0.39, 0.29) is 0 Å². The standard InChI is InChI=1S/C30H32N2S/c1-18(2)21-14-15-28-24(16-21)25(17-33-28)30-31-26-12-7-8-13-27(26)32(30)29-22(19(3)4)10-9-11-23(29)20(5)6/h7-20H,1-6H3/i18D. The number of hydrogen-bond acceptors (Lipinski definition) is 2. The highest BCUT2D eigenvalue weighted by Crippen LogP contribution is 2.41. The van der Waals surface area contributed by atoms with Gasteiger partial charge in [0.05, 0.1) is 16.7 Å². The Morgan fingerprint density at radius 3 is 2.21 bits per heavy atom. The second-order valence-electron chi connectivity index (χ2n) is 9.71. The average Bonchev–Trinajstić information content (AvgIpc) is 3.38. The third kappa shape index (κ3) is 3.69. The molecule has 0 atom stereocenters. The van der Waals surface area contributed by atoms with Gasteiger partial charge in [-0.1, -0.05) is 77.9 Å². The summed E-state index contributed by atoms with van der Waals surface area (Å²) in [5.74, 6) is 1.10. The van der Waals surface area contributed by atoms with Gasteiger partial charge in [-0.05, 0) is 58.7 Å². The number of fused-ring (bicyclic) bond motifs is 2. The molecule has 0 bridgehead atoms. The fraction of sp³-hybridized carbons (Fsp3) is 0.300. The van der Waals surface area contributed by atoms with E-state index in [2.05, 4.69) is 98.3 Å². The molecule has 5 rings (SSSR count). The first-order valence-electron chi connectivity index (χ1n) is 12.3. The molecular weight excluding hydrogens is 420 g/mol. The first kappa shape index (κ1) is 20.7. The van der Waals surface area contributed by atoms with E-state index in [1.54, 1.807) is 11.3 Å². The Hall–Kier alpha value is -2.91. The van der Waals surface area contributed by atoms with Crippen LogP contribution in [0, 0.1) is 0 Å². The Labute approximate surface area is 202 Å². The normalized spacial score (nSPS) is 12.9. The molecule has 168 valence electrons. The summed E-state index contributed by atoms with van der Waals surface area (Å²) in [6.45, 7) is 13.0. The maximum absolute atomic E-state index is 8.57. The van der Waals surface area contributed by atoms with E-state index >= 15 is 0 Å². The topological polar surface area (TPSA) is 17.8 Å². The lowest BCUT2D eigenvalue weighted by Gasteiger charge is -2.22. The Bertz CT molecular complexity index is 1470. The van der Waals surface area contributed by atoms with Gasteiger partial charge in [0.25, 0.3) is 0 Å². The minimum absolute atomic E-state index is 0.387. The average molecular weight is 454 g/mol. The van der Waals surface area contributed by atoms with Crippen LogP contribution < -0.4 is 0 Å². The Morgan fingerprint density at radius 1 is 0.848 bits per heavy atom. The van der Waals surface area contributed by atoms with Crippen molar-refractivity contribution in [1.82, 2.24) is 9.55 Å². The second-order valence-corrected chi connectivity index (χ2v) is 10.6. The van der Waals surface area contributed by atoms with Crippen LogP contribution in [0.25, 0.3) is 38.2 Å². The van der Waals surface area contributed by atoms with Crippen molar-refractivity contribution in [2.24, 2.45) is 0 Å². The summed E-state index contributed by atoms with van der Waals surface area (Å²) in [4.78, 5) is 5.20. The van der Waals surface area contributed by atoms with Crippen molar-refractivity contribution < 1.29 is 1.37 Å². The molecule has 3 aromatic carbocycles. The number of thiophene rings is 1. The number of aromatic nitrogens is 2. The van der Waals surface area contributed by atoms with Gasteiger partial charge in [-0.2, -0.15) is 0 Å². The monoisotopic (exact) mass is 453 g/mol. The lowest BCUT2D eigenvalue weighted by atomic mass is 9.92. The van der Waals surface area contributed by atoms with Crippen molar-refractivity contribution in [2.45, 2.75) is 59.3 Å². The van der Waals surface area contributed by atoms with Gasteiger partial charge in [0.2, 0.25) is 0 Å². The highest BCUT2D eigenvalue weighted by atomic mass is 32.1. The zero-order valence-corrected chi connectivity index (χ0v) is 21.1. The van der Waals surface area contributed by atoms with Crippen molar-refractivity contribution in [3.63, 3.8) is 0 Å². The number of imidazole rings is 1. The van der Waals surface area contributed by atoms with Crippen LogP contribution in [-0.4, -0.2) is 9.55 Å². The summed E-state index contributed by atoms with van der Waals surface area (Å²) in [6.07, 6.45) is 0. The quantitative estimate of drug-likeness (QED) is 0.259. The Kier molecular flexibility index (Phi) is 5.30. The molecule has 0 fully saturated rings. The molecule has 0 saturated carbocycles. The van der Waals surface area contributed by atoms with E-state index in [0.29, 0.717) is 11.8 Å². The third-order valence-corrected chi connectivity index (χ3v) is 7.48. The summed E-state index contributed by atoms with van der Waals surface area (Å²) in [7, 11) is 0. The molecule has 0 aliphatic carbocycles. The Balaban J connectivity index is 1.90. The molecule has 0 spiro atoms. The maximum atomic E-state index is 8.57. The van der Waals surface area contributed by atoms with Crippen LogP contribution in [-0.2, 0) is 0 Å². The van der Waals surface area contributed by atoms with E-state index in [1.165, 1.54) is 26.9 Å². The van der Waals surface area contributed by atoms with Crippen molar-refractivity contribution in [3.05, 3.63) is 82.7 Å². The van der Waals surface area contributed by atoms with E-state index < -0.39 is 5.89 Å². The molecule has 0 amide bonds. The van der Waals surface area contributed by atoms with Gasteiger partial charge >= 0.3 is 0 Å². The summed E-state index contributed by atoms with van der Waals surface area (Å²) in [5, 5.41) is 3.41.